The van der Waals surface area contributed by atoms with Gasteiger partial charge >= 0.3 is 0 Å². The van der Waals surface area contributed by atoms with Crippen LogP contribution in [0.4, 0.5) is 0 Å². The second-order valence-corrected chi connectivity index (χ2v) is 5.80. The zero-order valence-corrected chi connectivity index (χ0v) is 13.7. The van der Waals surface area contributed by atoms with Crippen LogP contribution < -0.4 is 5.43 Å². The fourth-order valence-corrected chi connectivity index (χ4v) is 2.30. The van der Waals surface area contributed by atoms with Crippen molar-refractivity contribution >= 4 is 39.1 Å². The van der Waals surface area contributed by atoms with Gasteiger partial charge < -0.3 is 0 Å². The highest BCUT2D eigenvalue weighted by molar-refractivity contribution is 9.10. The van der Waals surface area contributed by atoms with Crippen LogP contribution in [0.2, 0.25) is 0 Å². The molecular formula is C17H13BrN4O. The molecule has 1 N–H and O–H groups in total. The summed E-state index contributed by atoms with van der Waals surface area (Å²) in [5.74, 6) is -0.183. The van der Waals surface area contributed by atoms with Crippen LogP contribution in [-0.2, 0) is 11.2 Å². The third-order valence-corrected chi connectivity index (χ3v) is 3.66. The van der Waals surface area contributed by atoms with Crippen LogP contribution in [0.15, 0.2) is 64.3 Å². The summed E-state index contributed by atoms with van der Waals surface area (Å²) in [5.41, 5.74) is 5.62. The van der Waals surface area contributed by atoms with Gasteiger partial charge in [-0.1, -0.05) is 40.2 Å². The number of para-hydroxylation sites is 2. The lowest BCUT2D eigenvalue weighted by atomic mass is 10.1. The van der Waals surface area contributed by atoms with Crippen LogP contribution in [0.5, 0.6) is 0 Å². The van der Waals surface area contributed by atoms with Gasteiger partial charge in [-0.3, -0.25) is 9.78 Å². The highest BCUT2D eigenvalue weighted by Gasteiger charge is 2.02. The van der Waals surface area contributed by atoms with Crippen molar-refractivity contribution in [2.24, 2.45) is 5.10 Å². The van der Waals surface area contributed by atoms with E-state index in [1.807, 2.05) is 48.5 Å². The molecule has 0 spiro atoms. The Hall–Kier alpha value is -2.60. The molecule has 114 valence electrons. The Morgan fingerprint density at radius 3 is 2.65 bits per heavy atom. The van der Waals surface area contributed by atoms with Gasteiger partial charge in [-0.15, -0.1) is 0 Å². The van der Waals surface area contributed by atoms with Crippen LogP contribution in [0.3, 0.4) is 0 Å². The van der Waals surface area contributed by atoms with Crippen molar-refractivity contribution in [2.45, 2.75) is 6.42 Å². The number of benzene rings is 2. The molecular weight excluding hydrogens is 356 g/mol. The van der Waals surface area contributed by atoms with Crippen LogP contribution in [0.25, 0.3) is 11.0 Å². The van der Waals surface area contributed by atoms with Crippen LogP contribution in [0.1, 0.15) is 11.3 Å². The van der Waals surface area contributed by atoms with E-state index in [1.165, 1.54) is 6.21 Å². The molecule has 1 amide bonds. The van der Waals surface area contributed by atoms with Gasteiger partial charge in [0.15, 0.2) is 0 Å². The fraction of sp³-hybridized carbons (Fsp3) is 0.0588. The summed E-state index contributed by atoms with van der Waals surface area (Å²) < 4.78 is 0.981. The Labute approximate surface area is 141 Å². The Balaban J connectivity index is 1.60. The minimum atomic E-state index is -0.183. The maximum absolute atomic E-state index is 11.8. The summed E-state index contributed by atoms with van der Waals surface area (Å²) in [6, 6.07) is 15.2. The van der Waals surface area contributed by atoms with E-state index in [4.69, 9.17) is 0 Å². The number of carbonyl (C=O) groups is 1. The van der Waals surface area contributed by atoms with Gasteiger partial charge in [0, 0.05) is 4.47 Å². The molecule has 3 aromatic rings. The fourth-order valence-electron chi connectivity index (χ4n) is 2.03. The smallest absolute Gasteiger partial charge is 0.244 e. The number of fused-ring (bicyclic) bond motifs is 1. The summed E-state index contributed by atoms with van der Waals surface area (Å²) in [7, 11) is 0. The van der Waals surface area contributed by atoms with Gasteiger partial charge in [0.05, 0.1) is 29.9 Å². The van der Waals surface area contributed by atoms with E-state index in [2.05, 4.69) is 36.4 Å². The van der Waals surface area contributed by atoms with E-state index < -0.39 is 0 Å². The van der Waals surface area contributed by atoms with Gasteiger partial charge in [0.2, 0.25) is 5.91 Å². The number of rotatable bonds is 4. The number of hydrazone groups is 1. The number of aromatic nitrogens is 2. The Morgan fingerprint density at radius 1 is 1.13 bits per heavy atom. The van der Waals surface area contributed by atoms with Gasteiger partial charge in [-0.25, -0.2) is 10.4 Å². The maximum Gasteiger partial charge on any atom is 0.244 e. The zero-order chi connectivity index (χ0) is 16.1. The number of amides is 1. The minimum Gasteiger partial charge on any atom is -0.273 e. The Morgan fingerprint density at radius 2 is 1.87 bits per heavy atom. The molecule has 23 heavy (non-hydrogen) atoms. The number of carbonyl (C=O) groups excluding carboxylic acids is 1. The first-order valence-corrected chi connectivity index (χ1v) is 7.78. The summed E-state index contributed by atoms with van der Waals surface area (Å²) >= 11 is 3.36. The minimum absolute atomic E-state index is 0.183. The summed E-state index contributed by atoms with van der Waals surface area (Å²) in [6.45, 7) is 0. The largest absolute Gasteiger partial charge is 0.273 e. The Kier molecular flexibility index (Phi) is 4.73. The van der Waals surface area contributed by atoms with Crippen molar-refractivity contribution in [1.29, 1.82) is 0 Å². The average Bonchev–Trinajstić information content (AvgIpc) is 2.57. The molecule has 1 heterocycles. The third kappa shape index (κ3) is 4.20. The van der Waals surface area contributed by atoms with Crippen molar-refractivity contribution in [2.75, 3.05) is 0 Å². The predicted molar refractivity (Wildman–Crippen MR) is 93.1 cm³/mol. The third-order valence-electron chi connectivity index (χ3n) is 3.13. The second kappa shape index (κ2) is 7.11. The lowest BCUT2D eigenvalue weighted by Gasteiger charge is -2.01. The molecule has 5 nitrogen and oxygen atoms in total. The molecule has 0 unspecified atom stereocenters. The van der Waals surface area contributed by atoms with Gasteiger partial charge in [-0.05, 0) is 29.8 Å². The summed E-state index contributed by atoms with van der Waals surface area (Å²) in [4.78, 5) is 20.5. The highest BCUT2D eigenvalue weighted by Crippen LogP contribution is 2.11. The first kappa shape index (κ1) is 15.3. The highest BCUT2D eigenvalue weighted by atomic mass is 79.9. The van der Waals surface area contributed by atoms with Crippen molar-refractivity contribution < 1.29 is 4.79 Å². The molecule has 0 bridgehead atoms. The van der Waals surface area contributed by atoms with E-state index in [0.717, 1.165) is 21.1 Å². The first-order chi connectivity index (χ1) is 11.2. The predicted octanol–water partition coefficient (Wildman–Crippen LogP) is 3.09. The van der Waals surface area contributed by atoms with E-state index in [-0.39, 0.29) is 12.3 Å². The molecule has 0 aliphatic rings. The van der Waals surface area contributed by atoms with Crippen molar-refractivity contribution in [3.63, 3.8) is 0 Å². The Bertz CT molecular complexity index is 862. The lowest BCUT2D eigenvalue weighted by Crippen LogP contribution is -2.19. The number of hydrogen-bond donors (Lipinski definition) is 1. The van der Waals surface area contributed by atoms with Crippen LogP contribution in [0, 0.1) is 0 Å². The molecule has 0 radical (unpaired) electrons. The molecule has 6 heteroatoms. The SMILES string of the molecule is O=C(Cc1ccc(Br)cc1)NN=Cc1cnc2ccccc2n1. The zero-order valence-electron chi connectivity index (χ0n) is 12.1. The van der Waals surface area contributed by atoms with E-state index in [1.54, 1.807) is 6.20 Å². The van der Waals surface area contributed by atoms with Gasteiger partial charge in [0.1, 0.15) is 5.69 Å². The molecule has 3 rings (SSSR count). The number of halogens is 1. The molecule has 0 fully saturated rings. The van der Waals surface area contributed by atoms with E-state index in [0.29, 0.717) is 5.69 Å². The summed E-state index contributed by atoms with van der Waals surface area (Å²) in [6.07, 6.45) is 3.37. The second-order valence-electron chi connectivity index (χ2n) is 4.88. The van der Waals surface area contributed by atoms with Gasteiger partial charge in [-0.2, -0.15) is 5.10 Å². The topological polar surface area (TPSA) is 67.2 Å². The average molecular weight is 369 g/mol. The molecule has 1 aromatic heterocycles. The first-order valence-electron chi connectivity index (χ1n) is 6.99. The van der Waals surface area contributed by atoms with Gasteiger partial charge in [0.25, 0.3) is 0 Å². The van der Waals surface area contributed by atoms with E-state index in [9.17, 15) is 4.79 Å². The molecule has 0 saturated heterocycles. The molecule has 0 saturated carbocycles. The van der Waals surface area contributed by atoms with Crippen LogP contribution in [-0.4, -0.2) is 22.1 Å². The van der Waals surface area contributed by atoms with Crippen molar-refractivity contribution in [3.8, 4) is 0 Å². The summed E-state index contributed by atoms with van der Waals surface area (Å²) in [5, 5.41) is 3.93. The van der Waals surface area contributed by atoms with Crippen molar-refractivity contribution in [1.82, 2.24) is 15.4 Å². The van der Waals surface area contributed by atoms with E-state index >= 15 is 0 Å². The number of nitrogens with zero attached hydrogens (tertiary/aromatic N) is 3. The maximum atomic E-state index is 11.8. The standard InChI is InChI=1S/C17H13BrN4O/c18-13-7-5-12(6-8-13)9-17(23)22-20-11-14-10-19-15-3-1-2-4-16(15)21-14/h1-8,10-11H,9H2,(H,22,23). The van der Waals surface area contributed by atoms with Crippen molar-refractivity contribution in [3.05, 3.63) is 70.5 Å². The quantitative estimate of drug-likeness (QED) is 0.568. The molecule has 2 aromatic carbocycles. The molecule has 0 aliphatic carbocycles. The lowest BCUT2D eigenvalue weighted by molar-refractivity contribution is -0.120. The van der Waals surface area contributed by atoms with Crippen LogP contribution >= 0.6 is 15.9 Å². The number of nitrogens with one attached hydrogen (secondary N) is 1. The molecule has 0 atom stereocenters. The molecule has 0 aliphatic heterocycles. The monoisotopic (exact) mass is 368 g/mol. The normalized spacial score (nSPS) is 11.0. The number of hydrogen-bond acceptors (Lipinski definition) is 4.